The molecule has 4 N–H and O–H groups in total. The van der Waals surface area contributed by atoms with Gasteiger partial charge in [0.1, 0.15) is 17.8 Å². The molecule has 10 nitrogen and oxygen atoms in total. The summed E-state index contributed by atoms with van der Waals surface area (Å²) in [6.45, 7) is 9.74. The number of halogens is 3. The highest BCUT2D eigenvalue weighted by atomic mass is 19.4. The minimum Gasteiger partial charge on any atom is -0.406 e. The third-order valence-electron chi connectivity index (χ3n) is 6.27. The average molecular weight is 607 g/mol. The number of carbonyl (C=O) groups is 5. The van der Waals surface area contributed by atoms with Gasteiger partial charge in [-0.3, -0.25) is 24.0 Å². The summed E-state index contributed by atoms with van der Waals surface area (Å²) in [5.41, 5.74) is 0.0505. The molecule has 0 fully saturated rings. The molecule has 2 aromatic rings. The molecule has 0 aliphatic carbocycles. The topological polar surface area (TPSA) is 143 Å². The zero-order valence-electron chi connectivity index (χ0n) is 24.8. The summed E-state index contributed by atoms with van der Waals surface area (Å²) in [4.78, 5) is 64.3. The molecule has 2 aromatic carbocycles. The number of ether oxygens (including phenoxy) is 1. The van der Waals surface area contributed by atoms with Gasteiger partial charge in [-0.05, 0) is 48.1 Å². The van der Waals surface area contributed by atoms with E-state index in [1.54, 1.807) is 65.0 Å². The highest BCUT2D eigenvalue weighted by Gasteiger charge is 2.36. The fourth-order valence-electron chi connectivity index (χ4n) is 3.87. The molecule has 234 valence electrons. The lowest BCUT2D eigenvalue weighted by Crippen LogP contribution is -2.59. The van der Waals surface area contributed by atoms with Crippen LogP contribution in [0, 0.1) is 11.3 Å². The molecule has 0 bridgehead atoms. The molecule has 0 radical (unpaired) electrons. The van der Waals surface area contributed by atoms with E-state index in [0.717, 1.165) is 12.1 Å². The molecule has 0 aliphatic rings. The smallest absolute Gasteiger partial charge is 0.406 e. The van der Waals surface area contributed by atoms with E-state index in [2.05, 4.69) is 26.0 Å². The number of amides is 4. The molecule has 43 heavy (non-hydrogen) atoms. The quantitative estimate of drug-likeness (QED) is 0.273. The average Bonchev–Trinajstić information content (AvgIpc) is 2.92. The summed E-state index contributed by atoms with van der Waals surface area (Å²) >= 11 is 0. The van der Waals surface area contributed by atoms with Crippen molar-refractivity contribution in [3.8, 4) is 5.75 Å². The zero-order valence-corrected chi connectivity index (χ0v) is 24.8. The van der Waals surface area contributed by atoms with Crippen molar-refractivity contribution < 1.29 is 41.9 Å². The first-order valence-electron chi connectivity index (χ1n) is 13.5. The molecule has 0 saturated carbocycles. The van der Waals surface area contributed by atoms with Crippen molar-refractivity contribution >= 4 is 29.4 Å². The van der Waals surface area contributed by atoms with Gasteiger partial charge < -0.3 is 26.0 Å². The van der Waals surface area contributed by atoms with Crippen molar-refractivity contribution in [1.29, 1.82) is 0 Å². The third-order valence-corrected chi connectivity index (χ3v) is 6.27. The van der Waals surface area contributed by atoms with Crippen LogP contribution >= 0.6 is 0 Å². The van der Waals surface area contributed by atoms with Crippen molar-refractivity contribution in [3.05, 3.63) is 65.7 Å². The lowest BCUT2D eigenvalue weighted by Gasteiger charge is -2.31. The fourth-order valence-corrected chi connectivity index (χ4v) is 3.87. The van der Waals surface area contributed by atoms with Crippen molar-refractivity contribution in [2.75, 3.05) is 0 Å². The molecule has 0 saturated heterocycles. The Bertz CT molecular complexity index is 1290. The number of ketones is 1. The van der Waals surface area contributed by atoms with Crippen LogP contribution in [-0.2, 0) is 25.7 Å². The van der Waals surface area contributed by atoms with Crippen molar-refractivity contribution in [2.24, 2.45) is 11.3 Å². The third kappa shape index (κ3) is 11.1. The van der Waals surface area contributed by atoms with Crippen LogP contribution in [0.2, 0.25) is 0 Å². The Labute approximate surface area is 248 Å². The molecule has 4 amide bonds. The summed E-state index contributed by atoms with van der Waals surface area (Å²) in [5.74, 6) is -4.70. The van der Waals surface area contributed by atoms with E-state index < -0.39 is 71.0 Å². The van der Waals surface area contributed by atoms with E-state index in [9.17, 15) is 37.1 Å². The zero-order chi connectivity index (χ0) is 32.5. The minimum absolute atomic E-state index is 0.162. The maximum Gasteiger partial charge on any atom is 0.573 e. The first kappa shape index (κ1) is 34.8. The Balaban J connectivity index is 2.00. The summed E-state index contributed by atoms with van der Waals surface area (Å²) in [6.07, 6.45) is -4.84. The molecule has 2 rings (SSSR count). The van der Waals surface area contributed by atoms with Crippen molar-refractivity contribution in [3.63, 3.8) is 0 Å². The highest BCUT2D eigenvalue weighted by molar-refractivity contribution is 6.38. The number of carbonyl (C=O) groups excluding carboxylic acids is 5. The molecule has 0 unspecified atom stereocenters. The van der Waals surface area contributed by atoms with Crippen LogP contribution in [0.5, 0.6) is 5.75 Å². The second-order valence-corrected chi connectivity index (χ2v) is 11.3. The second-order valence-electron chi connectivity index (χ2n) is 11.3. The van der Waals surface area contributed by atoms with Gasteiger partial charge in [0.15, 0.2) is 0 Å². The maximum atomic E-state index is 13.1. The van der Waals surface area contributed by atoms with Crippen LogP contribution in [0.3, 0.4) is 0 Å². The fraction of sp³-hybridized carbons (Fsp3) is 0.433. The number of rotatable bonds is 12. The maximum absolute atomic E-state index is 13.1. The van der Waals surface area contributed by atoms with E-state index in [1.165, 1.54) is 19.1 Å². The Morgan fingerprint density at radius 1 is 0.791 bits per heavy atom. The summed E-state index contributed by atoms with van der Waals surface area (Å²) in [5, 5.41) is 10.2. The summed E-state index contributed by atoms with van der Waals surface area (Å²) < 4.78 is 40.8. The predicted octanol–water partition coefficient (Wildman–Crippen LogP) is 3.26. The van der Waals surface area contributed by atoms with Gasteiger partial charge in [0.05, 0.1) is 6.04 Å². The van der Waals surface area contributed by atoms with Crippen molar-refractivity contribution in [1.82, 2.24) is 21.3 Å². The molecule has 0 heterocycles. The summed E-state index contributed by atoms with van der Waals surface area (Å²) in [6, 6.07) is 9.71. The number of hydrogen-bond acceptors (Lipinski definition) is 6. The molecular weight excluding hydrogens is 569 g/mol. The van der Waals surface area contributed by atoms with Gasteiger partial charge in [0.2, 0.25) is 17.6 Å². The number of alkyl halides is 3. The number of hydrogen-bond donors (Lipinski definition) is 4. The van der Waals surface area contributed by atoms with Crippen LogP contribution < -0.4 is 26.0 Å². The van der Waals surface area contributed by atoms with E-state index in [4.69, 9.17) is 0 Å². The van der Waals surface area contributed by atoms with Gasteiger partial charge in [0.25, 0.3) is 11.8 Å². The van der Waals surface area contributed by atoms with Crippen LogP contribution in [0.25, 0.3) is 0 Å². The SMILES string of the molecule is CC(C)[C@H](NC(=O)[C@H](C)NC(=O)[C@@H](NC(=O)c1ccccc1)C(C)(C)C)C(=O)C(=O)NCc1ccc(OC(F)(F)F)cc1. The van der Waals surface area contributed by atoms with Gasteiger partial charge >= 0.3 is 6.36 Å². The predicted molar refractivity (Wildman–Crippen MR) is 152 cm³/mol. The van der Waals surface area contributed by atoms with E-state index in [1.807, 2.05) is 0 Å². The van der Waals surface area contributed by atoms with Crippen LogP contribution in [0.1, 0.15) is 57.5 Å². The second kappa shape index (κ2) is 14.7. The number of Topliss-reactive ketones (excluding diaryl/α,β-unsaturated/α-hetero) is 1. The Morgan fingerprint density at radius 2 is 1.37 bits per heavy atom. The first-order valence-corrected chi connectivity index (χ1v) is 13.5. The molecule has 0 spiro atoms. The van der Waals surface area contributed by atoms with Gasteiger partial charge in [-0.2, -0.15) is 0 Å². The monoisotopic (exact) mass is 606 g/mol. The molecule has 3 atom stereocenters. The molecule has 0 aliphatic heterocycles. The van der Waals surface area contributed by atoms with Gasteiger partial charge in [-0.15, -0.1) is 13.2 Å². The summed E-state index contributed by atoms with van der Waals surface area (Å²) in [7, 11) is 0. The van der Waals surface area contributed by atoms with Gasteiger partial charge in [0, 0.05) is 12.1 Å². The Kier molecular flexibility index (Phi) is 11.9. The van der Waals surface area contributed by atoms with Crippen LogP contribution in [0.4, 0.5) is 13.2 Å². The van der Waals surface area contributed by atoms with Crippen LogP contribution in [0.15, 0.2) is 54.6 Å². The molecule has 13 heteroatoms. The van der Waals surface area contributed by atoms with Crippen molar-refractivity contribution in [2.45, 2.75) is 72.6 Å². The number of benzene rings is 2. The first-order chi connectivity index (χ1) is 19.9. The standard InChI is InChI=1S/C30H37F3N4O6/c1-17(2)22(23(38)27(41)34-16-19-12-14-21(15-13-19)43-30(31,32)33)36-25(39)18(3)35-28(42)24(29(4,5)6)37-26(40)20-10-8-7-9-11-20/h7-15,17-18,22,24H,16H2,1-6H3,(H,34,41)(H,35,42)(H,36,39)(H,37,40)/t18-,22-,24+/m0/s1. The molecule has 0 aromatic heterocycles. The minimum atomic E-state index is -4.84. The largest absolute Gasteiger partial charge is 0.573 e. The highest BCUT2D eigenvalue weighted by Crippen LogP contribution is 2.23. The van der Waals surface area contributed by atoms with Gasteiger partial charge in [-0.1, -0.05) is 65.0 Å². The lowest BCUT2D eigenvalue weighted by atomic mass is 9.85. The van der Waals surface area contributed by atoms with Gasteiger partial charge in [-0.25, -0.2) is 0 Å². The lowest BCUT2D eigenvalue weighted by molar-refractivity contribution is -0.274. The van der Waals surface area contributed by atoms with E-state index in [0.29, 0.717) is 11.1 Å². The number of nitrogens with one attached hydrogen (secondary N) is 4. The normalized spacial score (nSPS) is 13.7. The Hall–Kier alpha value is -4.42. The molecular formula is C30H37F3N4O6. The van der Waals surface area contributed by atoms with Crippen LogP contribution in [-0.4, -0.2) is 53.9 Å². The van der Waals surface area contributed by atoms with E-state index in [-0.39, 0.29) is 6.54 Å². The Morgan fingerprint density at radius 3 is 1.88 bits per heavy atom. The van der Waals surface area contributed by atoms with E-state index >= 15 is 0 Å².